The number of aromatic nitrogens is 2. The molecule has 2 heterocycles. The zero-order chi connectivity index (χ0) is 13.4. The Hall–Kier alpha value is -0.710. The van der Waals surface area contributed by atoms with Crippen molar-refractivity contribution in [2.75, 3.05) is 6.61 Å². The third-order valence-corrected chi connectivity index (χ3v) is 4.43. The van der Waals surface area contributed by atoms with Gasteiger partial charge in [-0.2, -0.15) is 0 Å². The van der Waals surface area contributed by atoms with Gasteiger partial charge in [0, 0.05) is 11.8 Å². The normalized spacial score (nSPS) is 31.8. The molecule has 7 nitrogen and oxygen atoms in total. The van der Waals surface area contributed by atoms with Crippen molar-refractivity contribution in [3.63, 3.8) is 0 Å². The summed E-state index contributed by atoms with van der Waals surface area (Å²) in [5.41, 5.74) is -0.756. The molecular weight excluding hydrogens is 355 g/mol. The van der Waals surface area contributed by atoms with Crippen LogP contribution in [0.5, 0.6) is 0 Å². The van der Waals surface area contributed by atoms with Crippen LogP contribution in [0.1, 0.15) is 11.8 Å². The van der Waals surface area contributed by atoms with E-state index in [2.05, 4.69) is 4.98 Å². The Labute approximate surface area is 116 Å². The molecular formula is C10H13IN2O5. The Kier molecular flexibility index (Phi) is 3.90. The fourth-order valence-electron chi connectivity index (χ4n) is 1.86. The quantitative estimate of drug-likeness (QED) is 0.454. The van der Waals surface area contributed by atoms with Crippen LogP contribution in [-0.4, -0.2) is 42.5 Å². The number of hydrogen-bond donors (Lipinski definition) is 3. The van der Waals surface area contributed by atoms with Gasteiger partial charge in [0.1, 0.15) is 6.10 Å². The Morgan fingerprint density at radius 1 is 1.56 bits per heavy atom. The lowest BCUT2D eigenvalue weighted by atomic mass is 10.2. The molecule has 4 atom stereocenters. The third-order valence-electron chi connectivity index (χ3n) is 2.89. The molecule has 8 heteroatoms. The summed E-state index contributed by atoms with van der Waals surface area (Å²) in [4.78, 5) is 25.1. The van der Waals surface area contributed by atoms with Gasteiger partial charge in [-0.25, -0.2) is 4.79 Å². The van der Waals surface area contributed by atoms with Crippen LogP contribution in [0.15, 0.2) is 15.8 Å². The molecule has 0 radical (unpaired) electrons. The molecule has 1 aliphatic heterocycles. The molecule has 1 aromatic heterocycles. The summed E-state index contributed by atoms with van der Waals surface area (Å²) < 4.78 is 6.25. The average Bonchev–Trinajstić information content (AvgIpc) is 2.61. The van der Waals surface area contributed by atoms with Crippen LogP contribution in [-0.2, 0) is 4.74 Å². The van der Waals surface area contributed by atoms with Crippen molar-refractivity contribution in [2.45, 2.75) is 29.3 Å². The molecule has 0 aliphatic carbocycles. The smallest absolute Gasteiger partial charge is 0.330 e. The van der Waals surface area contributed by atoms with Crippen molar-refractivity contribution in [1.29, 1.82) is 0 Å². The van der Waals surface area contributed by atoms with Crippen LogP contribution < -0.4 is 11.2 Å². The molecule has 0 amide bonds. The summed E-state index contributed by atoms with van der Waals surface area (Å²) >= 11 is 1.97. The number of halogens is 1. The van der Waals surface area contributed by atoms with Gasteiger partial charge in [-0.15, -0.1) is 0 Å². The molecule has 1 fully saturated rings. The molecule has 1 aliphatic rings. The first kappa shape index (κ1) is 13.7. The van der Waals surface area contributed by atoms with Crippen LogP contribution in [0, 0.1) is 6.92 Å². The fraction of sp³-hybridized carbons (Fsp3) is 0.600. The predicted octanol–water partition coefficient (Wildman–Crippen LogP) is -1.10. The zero-order valence-corrected chi connectivity index (χ0v) is 11.7. The van der Waals surface area contributed by atoms with E-state index in [-0.39, 0.29) is 10.5 Å². The van der Waals surface area contributed by atoms with E-state index < -0.39 is 29.7 Å². The molecule has 0 bridgehead atoms. The minimum Gasteiger partial charge on any atom is -0.394 e. The van der Waals surface area contributed by atoms with Gasteiger partial charge < -0.3 is 14.9 Å². The second kappa shape index (κ2) is 5.11. The number of alkyl halides is 1. The minimum atomic E-state index is -0.925. The van der Waals surface area contributed by atoms with Crippen LogP contribution in [0.4, 0.5) is 0 Å². The number of aliphatic hydroxyl groups excluding tert-OH is 2. The highest BCUT2D eigenvalue weighted by Gasteiger charge is 2.43. The van der Waals surface area contributed by atoms with Crippen molar-refractivity contribution in [3.8, 4) is 0 Å². The minimum absolute atomic E-state index is 0.238. The molecule has 100 valence electrons. The van der Waals surface area contributed by atoms with Crippen molar-refractivity contribution in [3.05, 3.63) is 32.6 Å². The number of H-pyrrole nitrogens is 1. The van der Waals surface area contributed by atoms with Gasteiger partial charge in [0.05, 0.1) is 16.6 Å². The van der Waals surface area contributed by atoms with E-state index in [1.807, 2.05) is 22.6 Å². The Bertz CT molecular complexity index is 554. The lowest BCUT2D eigenvalue weighted by Gasteiger charge is -2.17. The molecule has 0 aromatic carbocycles. The van der Waals surface area contributed by atoms with E-state index in [4.69, 9.17) is 9.84 Å². The lowest BCUT2D eigenvalue weighted by molar-refractivity contribution is -0.0530. The number of ether oxygens (including phenoxy) is 1. The summed E-state index contributed by atoms with van der Waals surface area (Å²) in [6, 6.07) is 0. The molecule has 1 aromatic rings. The predicted molar refractivity (Wildman–Crippen MR) is 70.9 cm³/mol. The van der Waals surface area contributed by atoms with Crippen LogP contribution in [0.2, 0.25) is 0 Å². The number of nitrogens with one attached hydrogen (secondary N) is 1. The lowest BCUT2D eigenvalue weighted by Crippen LogP contribution is -2.37. The molecule has 18 heavy (non-hydrogen) atoms. The molecule has 1 saturated heterocycles. The van der Waals surface area contributed by atoms with Crippen molar-refractivity contribution in [2.24, 2.45) is 0 Å². The fourth-order valence-corrected chi connectivity index (χ4v) is 2.61. The van der Waals surface area contributed by atoms with Crippen molar-refractivity contribution >= 4 is 22.6 Å². The van der Waals surface area contributed by atoms with Gasteiger partial charge in [0.2, 0.25) is 0 Å². The van der Waals surface area contributed by atoms with E-state index in [1.54, 1.807) is 6.92 Å². The van der Waals surface area contributed by atoms with Crippen LogP contribution >= 0.6 is 22.6 Å². The first-order valence-electron chi connectivity index (χ1n) is 5.36. The summed E-state index contributed by atoms with van der Waals surface area (Å²) in [7, 11) is 0. The van der Waals surface area contributed by atoms with E-state index in [0.29, 0.717) is 5.56 Å². The highest BCUT2D eigenvalue weighted by Crippen LogP contribution is 2.33. The standard InChI is InChI=1S/C10H13IN2O5/c1-4-2-13(10(17)12-8(4)16)9-7(15)6(11)5(3-14)18-9/h2,5-7,9,14-15H,3H2,1H3,(H,12,16,17)/t5-,6?,7?,9-/m0/s1. The zero-order valence-electron chi connectivity index (χ0n) is 9.54. The number of nitrogens with zero attached hydrogens (tertiary/aromatic N) is 1. The first-order chi connectivity index (χ1) is 8.45. The Morgan fingerprint density at radius 3 is 2.78 bits per heavy atom. The van der Waals surface area contributed by atoms with Gasteiger partial charge in [-0.1, -0.05) is 22.6 Å². The molecule has 2 rings (SSSR count). The second-order valence-electron chi connectivity index (χ2n) is 4.16. The summed E-state index contributed by atoms with van der Waals surface area (Å²) in [6.07, 6.45) is -1.01. The van der Waals surface area contributed by atoms with Crippen LogP contribution in [0.3, 0.4) is 0 Å². The highest BCUT2D eigenvalue weighted by molar-refractivity contribution is 14.1. The number of aromatic amines is 1. The van der Waals surface area contributed by atoms with Gasteiger partial charge in [0.15, 0.2) is 6.23 Å². The number of rotatable bonds is 2. The topological polar surface area (TPSA) is 105 Å². The molecule has 3 N–H and O–H groups in total. The summed E-state index contributed by atoms with van der Waals surface area (Å²) in [5, 5.41) is 19.1. The molecule has 2 unspecified atom stereocenters. The third kappa shape index (κ3) is 2.25. The van der Waals surface area contributed by atoms with Gasteiger partial charge >= 0.3 is 5.69 Å². The maximum Gasteiger partial charge on any atom is 0.330 e. The highest BCUT2D eigenvalue weighted by atomic mass is 127. The monoisotopic (exact) mass is 368 g/mol. The van der Waals surface area contributed by atoms with E-state index >= 15 is 0 Å². The molecule has 0 saturated carbocycles. The van der Waals surface area contributed by atoms with Crippen molar-refractivity contribution < 1.29 is 14.9 Å². The summed E-state index contributed by atoms with van der Waals surface area (Å²) in [6.45, 7) is 1.32. The van der Waals surface area contributed by atoms with Crippen molar-refractivity contribution in [1.82, 2.24) is 9.55 Å². The van der Waals surface area contributed by atoms with Gasteiger partial charge in [-0.05, 0) is 6.92 Å². The van der Waals surface area contributed by atoms with E-state index in [1.165, 1.54) is 6.20 Å². The molecule has 0 spiro atoms. The van der Waals surface area contributed by atoms with E-state index in [9.17, 15) is 14.7 Å². The number of aliphatic hydroxyl groups is 2. The SMILES string of the molecule is Cc1cn([C@H]2O[C@@H](CO)C(I)C2O)c(=O)[nH]c1=O. The first-order valence-corrected chi connectivity index (χ1v) is 6.60. The Morgan fingerprint density at radius 2 is 2.22 bits per heavy atom. The largest absolute Gasteiger partial charge is 0.394 e. The second-order valence-corrected chi connectivity index (χ2v) is 5.60. The number of hydrogen-bond acceptors (Lipinski definition) is 5. The Balaban J connectivity index is 2.42. The average molecular weight is 368 g/mol. The maximum atomic E-state index is 11.7. The summed E-state index contributed by atoms with van der Waals surface area (Å²) in [5.74, 6) is 0. The van der Waals surface area contributed by atoms with Crippen LogP contribution in [0.25, 0.3) is 0 Å². The van der Waals surface area contributed by atoms with E-state index in [0.717, 1.165) is 4.57 Å². The van der Waals surface area contributed by atoms with Gasteiger partial charge in [0.25, 0.3) is 5.56 Å². The van der Waals surface area contributed by atoms with Gasteiger partial charge in [-0.3, -0.25) is 14.3 Å². The number of aryl methyl sites for hydroxylation is 1. The maximum absolute atomic E-state index is 11.7.